The van der Waals surface area contributed by atoms with E-state index in [9.17, 15) is 0 Å². The largest absolute Gasteiger partial charge is 0.313 e. The summed E-state index contributed by atoms with van der Waals surface area (Å²) in [4.78, 5) is 0. The van der Waals surface area contributed by atoms with E-state index in [4.69, 9.17) is 0 Å². The minimum absolute atomic E-state index is 0.939. The molecule has 1 nitrogen and oxygen atoms in total. The molecule has 94 valence electrons. The lowest BCUT2D eigenvalue weighted by Crippen LogP contribution is -2.15. The van der Waals surface area contributed by atoms with Crippen LogP contribution < -0.4 is 5.32 Å². The highest BCUT2D eigenvalue weighted by molar-refractivity contribution is 9.10. The molecular formula is C16H18BrN. The van der Waals surface area contributed by atoms with Gasteiger partial charge in [-0.1, -0.05) is 58.4 Å². The van der Waals surface area contributed by atoms with Gasteiger partial charge in [0.1, 0.15) is 0 Å². The maximum atomic E-state index is 3.49. The average Bonchev–Trinajstić information content (AvgIpc) is 2.40. The van der Waals surface area contributed by atoms with E-state index in [2.05, 4.69) is 75.8 Å². The van der Waals surface area contributed by atoms with Gasteiger partial charge in [0.15, 0.2) is 0 Å². The van der Waals surface area contributed by atoms with Crippen LogP contribution in [0, 0.1) is 0 Å². The molecule has 0 fully saturated rings. The van der Waals surface area contributed by atoms with Crippen LogP contribution in [-0.4, -0.2) is 6.54 Å². The molecule has 0 saturated heterocycles. The highest BCUT2D eigenvalue weighted by Gasteiger charge is 1.95. The molecule has 2 heteroatoms. The van der Waals surface area contributed by atoms with Crippen molar-refractivity contribution in [3.05, 3.63) is 70.2 Å². The van der Waals surface area contributed by atoms with Crippen LogP contribution in [0.5, 0.6) is 0 Å². The van der Waals surface area contributed by atoms with Gasteiger partial charge >= 0.3 is 0 Å². The highest BCUT2D eigenvalue weighted by Crippen LogP contribution is 2.11. The minimum Gasteiger partial charge on any atom is -0.313 e. The summed E-state index contributed by atoms with van der Waals surface area (Å²) in [5.74, 6) is 0. The summed E-state index contributed by atoms with van der Waals surface area (Å²) >= 11 is 3.49. The van der Waals surface area contributed by atoms with Crippen LogP contribution in [0.1, 0.15) is 17.5 Å². The molecule has 0 aromatic heterocycles. The van der Waals surface area contributed by atoms with E-state index in [1.165, 1.54) is 17.5 Å². The number of aryl methyl sites for hydroxylation is 1. The van der Waals surface area contributed by atoms with Crippen LogP contribution in [0.3, 0.4) is 0 Å². The Labute approximate surface area is 117 Å². The van der Waals surface area contributed by atoms with Crippen molar-refractivity contribution < 1.29 is 0 Å². The first-order valence-corrected chi connectivity index (χ1v) is 7.13. The van der Waals surface area contributed by atoms with Gasteiger partial charge in [-0.3, -0.25) is 0 Å². The van der Waals surface area contributed by atoms with Gasteiger partial charge < -0.3 is 5.32 Å². The zero-order valence-corrected chi connectivity index (χ0v) is 12.0. The Morgan fingerprint density at radius 3 is 2.44 bits per heavy atom. The minimum atomic E-state index is 0.939. The predicted molar refractivity (Wildman–Crippen MR) is 80.6 cm³/mol. The molecule has 0 heterocycles. The molecule has 1 N–H and O–H groups in total. The summed E-state index contributed by atoms with van der Waals surface area (Å²) in [6.07, 6.45) is 2.32. The zero-order valence-electron chi connectivity index (χ0n) is 10.4. The van der Waals surface area contributed by atoms with Gasteiger partial charge in [-0.05, 0) is 42.6 Å². The second-order valence-corrected chi connectivity index (χ2v) is 5.31. The molecule has 0 bridgehead atoms. The third-order valence-corrected chi connectivity index (χ3v) is 3.37. The van der Waals surface area contributed by atoms with Crippen molar-refractivity contribution in [2.24, 2.45) is 0 Å². The van der Waals surface area contributed by atoms with Gasteiger partial charge in [0.05, 0.1) is 0 Å². The number of hydrogen-bond donors (Lipinski definition) is 1. The van der Waals surface area contributed by atoms with E-state index >= 15 is 0 Å². The van der Waals surface area contributed by atoms with Crippen molar-refractivity contribution in [3.8, 4) is 0 Å². The molecule has 0 aliphatic heterocycles. The van der Waals surface area contributed by atoms with Gasteiger partial charge in [-0.25, -0.2) is 0 Å². The first-order valence-electron chi connectivity index (χ1n) is 6.34. The number of rotatable bonds is 6. The number of halogens is 1. The Morgan fingerprint density at radius 2 is 1.67 bits per heavy atom. The molecule has 0 spiro atoms. The smallest absolute Gasteiger partial charge is 0.0205 e. The van der Waals surface area contributed by atoms with Crippen LogP contribution in [0.15, 0.2) is 59.1 Å². The molecule has 2 rings (SSSR count). The average molecular weight is 304 g/mol. The summed E-state index contributed by atoms with van der Waals surface area (Å²) in [7, 11) is 0. The Hall–Kier alpha value is -1.12. The monoisotopic (exact) mass is 303 g/mol. The van der Waals surface area contributed by atoms with Crippen LogP contribution >= 0.6 is 15.9 Å². The summed E-state index contributed by atoms with van der Waals surface area (Å²) in [5, 5.41) is 3.48. The molecule has 18 heavy (non-hydrogen) atoms. The van der Waals surface area contributed by atoms with Gasteiger partial charge in [-0.2, -0.15) is 0 Å². The Morgan fingerprint density at radius 1 is 0.889 bits per heavy atom. The van der Waals surface area contributed by atoms with Gasteiger partial charge in [-0.15, -0.1) is 0 Å². The molecule has 0 amide bonds. The fourth-order valence-corrected chi connectivity index (χ4v) is 2.39. The van der Waals surface area contributed by atoms with E-state index in [1.807, 2.05) is 0 Å². The maximum Gasteiger partial charge on any atom is 0.0205 e. The Bertz CT molecular complexity index is 468. The van der Waals surface area contributed by atoms with E-state index < -0.39 is 0 Å². The maximum absolute atomic E-state index is 3.49. The SMILES string of the molecule is Brc1cccc(CNCCCc2ccccc2)c1. The predicted octanol–water partition coefficient (Wildman–Crippen LogP) is 4.17. The van der Waals surface area contributed by atoms with Crippen LogP contribution in [0.2, 0.25) is 0 Å². The van der Waals surface area contributed by atoms with Crippen molar-refractivity contribution in [1.82, 2.24) is 5.32 Å². The number of nitrogens with one attached hydrogen (secondary N) is 1. The van der Waals surface area contributed by atoms with Gasteiger partial charge in [0, 0.05) is 11.0 Å². The van der Waals surface area contributed by atoms with Crippen molar-refractivity contribution in [3.63, 3.8) is 0 Å². The van der Waals surface area contributed by atoms with E-state index in [0.717, 1.165) is 24.0 Å². The highest BCUT2D eigenvalue weighted by atomic mass is 79.9. The van der Waals surface area contributed by atoms with E-state index in [1.54, 1.807) is 0 Å². The van der Waals surface area contributed by atoms with Crippen molar-refractivity contribution >= 4 is 15.9 Å². The molecule has 0 unspecified atom stereocenters. The molecule has 0 radical (unpaired) electrons. The lowest BCUT2D eigenvalue weighted by atomic mass is 10.1. The van der Waals surface area contributed by atoms with E-state index in [0.29, 0.717) is 0 Å². The summed E-state index contributed by atoms with van der Waals surface area (Å²) in [6, 6.07) is 19.1. The molecular weight excluding hydrogens is 286 g/mol. The van der Waals surface area contributed by atoms with E-state index in [-0.39, 0.29) is 0 Å². The third kappa shape index (κ3) is 4.63. The summed E-state index contributed by atoms with van der Waals surface area (Å²) < 4.78 is 1.14. The zero-order chi connectivity index (χ0) is 12.6. The quantitative estimate of drug-likeness (QED) is 0.790. The molecule has 2 aromatic rings. The Balaban J connectivity index is 1.65. The van der Waals surface area contributed by atoms with Crippen molar-refractivity contribution in [1.29, 1.82) is 0 Å². The molecule has 0 aliphatic rings. The number of benzene rings is 2. The third-order valence-electron chi connectivity index (χ3n) is 2.88. The molecule has 0 atom stereocenters. The van der Waals surface area contributed by atoms with Gasteiger partial charge in [0.2, 0.25) is 0 Å². The molecule has 2 aromatic carbocycles. The van der Waals surface area contributed by atoms with Crippen LogP contribution in [0.25, 0.3) is 0 Å². The van der Waals surface area contributed by atoms with Crippen LogP contribution in [0.4, 0.5) is 0 Å². The van der Waals surface area contributed by atoms with Gasteiger partial charge in [0.25, 0.3) is 0 Å². The standard InChI is InChI=1S/C16H18BrN/c17-16-10-4-8-15(12-16)13-18-11-5-9-14-6-2-1-3-7-14/h1-4,6-8,10,12,18H,5,9,11,13H2. The Kier molecular flexibility index (Phi) is 5.43. The van der Waals surface area contributed by atoms with Crippen LogP contribution in [-0.2, 0) is 13.0 Å². The first kappa shape index (κ1) is 13.3. The normalized spacial score (nSPS) is 10.5. The fourth-order valence-electron chi connectivity index (χ4n) is 1.94. The molecule has 0 aliphatic carbocycles. The molecule has 0 saturated carbocycles. The lowest BCUT2D eigenvalue weighted by molar-refractivity contribution is 0.649. The van der Waals surface area contributed by atoms with Crippen molar-refractivity contribution in [2.45, 2.75) is 19.4 Å². The second-order valence-electron chi connectivity index (χ2n) is 4.40. The lowest BCUT2D eigenvalue weighted by Gasteiger charge is -2.05. The summed E-state index contributed by atoms with van der Waals surface area (Å²) in [5.41, 5.74) is 2.74. The first-order chi connectivity index (χ1) is 8.84. The fraction of sp³-hybridized carbons (Fsp3) is 0.250. The second kappa shape index (κ2) is 7.34. The van der Waals surface area contributed by atoms with Crippen molar-refractivity contribution in [2.75, 3.05) is 6.54 Å². The number of hydrogen-bond acceptors (Lipinski definition) is 1. The summed E-state index contributed by atoms with van der Waals surface area (Å²) in [6.45, 7) is 2.00. The topological polar surface area (TPSA) is 12.0 Å².